The minimum Gasteiger partial charge on any atom is -0.300 e. The summed E-state index contributed by atoms with van der Waals surface area (Å²) in [6.45, 7) is 11.1. The summed E-state index contributed by atoms with van der Waals surface area (Å²) >= 11 is 0. The molecule has 0 spiro atoms. The van der Waals surface area contributed by atoms with Gasteiger partial charge in [0.2, 0.25) is 0 Å². The number of hydrogen-bond donors (Lipinski definition) is 2. The molecule has 2 N–H and O–H groups in total. The van der Waals surface area contributed by atoms with Crippen LogP contribution in [0.3, 0.4) is 0 Å². The molecule has 0 saturated carbocycles. The highest BCUT2D eigenvalue weighted by molar-refractivity contribution is 5.23. The van der Waals surface area contributed by atoms with Gasteiger partial charge < -0.3 is 0 Å². The van der Waals surface area contributed by atoms with Crippen LogP contribution in [0.15, 0.2) is 16.3 Å². The van der Waals surface area contributed by atoms with Crippen LogP contribution in [-0.2, 0) is 0 Å². The maximum absolute atomic E-state index is 8.51. The summed E-state index contributed by atoms with van der Waals surface area (Å²) in [5, 5.41) is 10.7. The van der Waals surface area contributed by atoms with Crippen molar-refractivity contribution in [2.45, 2.75) is 40.3 Å². The van der Waals surface area contributed by atoms with E-state index in [1.165, 1.54) is 11.1 Å². The van der Waals surface area contributed by atoms with E-state index in [-0.39, 0.29) is 11.6 Å². The van der Waals surface area contributed by atoms with Gasteiger partial charge in [0, 0.05) is 30.0 Å². The number of nitrogens with zero attached hydrogens (tertiary/aromatic N) is 3. The number of azide groups is 1. The quantitative estimate of drug-likeness (QED) is 0.334. The molecule has 0 aromatic carbocycles. The molecule has 0 aromatic rings. The summed E-state index contributed by atoms with van der Waals surface area (Å²) in [5.74, 6) is 0. The predicted octanol–water partition coefficient (Wildman–Crippen LogP) is 2.57. The third kappa shape index (κ3) is 3.22. The first-order valence-corrected chi connectivity index (χ1v) is 6.20. The van der Waals surface area contributed by atoms with E-state index in [0.717, 1.165) is 19.5 Å². The van der Waals surface area contributed by atoms with Crippen LogP contribution in [-0.4, -0.2) is 25.8 Å². The van der Waals surface area contributed by atoms with Gasteiger partial charge in [0.25, 0.3) is 0 Å². The van der Waals surface area contributed by atoms with Crippen molar-refractivity contribution in [3.05, 3.63) is 21.6 Å². The Morgan fingerprint density at radius 1 is 1.41 bits per heavy atom. The van der Waals surface area contributed by atoms with Gasteiger partial charge in [0.15, 0.2) is 0 Å². The van der Waals surface area contributed by atoms with Crippen molar-refractivity contribution in [2.75, 3.05) is 19.6 Å². The molecule has 0 amide bonds. The lowest BCUT2D eigenvalue weighted by molar-refractivity contribution is 0.289. The van der Waals surface area contributed by atoms with E-state index in [2.05, 4.69) is 48.4 Å². The minimum atomic E-state index is -0.0369. The van der Waals surface area contributed by atoms with Crippen LogP contribution < -0.4 is 10.6 Å². The van der Waals surface area contributed by atoms with Crippen LogP contribution in [0.4, 0.5) is 0 Å². The molecular weight excluding hydrogens is 214 g/mol. The van der Waals surface area contributed by atoms with Crippen molar-refractivity contribution in [3.63, 3.8) is 0 Å². The highest BCUT2D eigenvalue weighted by Gasteiger charge is 2.35. The van der Waals surface area contributed by atoms with Gasteiger partial charge in [-0.1, -0.05) is 37.0 Å². The van der Waals surface area contributed by atoms with E-state index in [4.69, 9.17) is 5.53 Å². The molecule has 0 aliphatic carbocycles. The van der Waals surface area contributed by atoms with Gasteiger partial charge in [-0.2, -0.15) is 0 Å². The number of nitrogens with one attached hydrogen (secondary N) is 2. The molecule has 1 rings (SSSR count). The average Bonchev–Trinajstić information content (AvgIpc) is 2.83. The van der Waals surface area contributed by atoms with Crippen molar-refractivity contribution in [1.29, 1.82) is 0 Å². The second-order valence-corrected chi connectivity index (χ2v) is 5.06. The lowest BCUT2D eigenvalue weighted by Crippen LogP contribution is -2.46. The maximum atomic E-state index is 8.51. The normalized spacial score (nSPS) is 18.8. The molecule has 1 fully saturated rings. The smallest absolute Gasteiger partial charge is 0.0663 e. The van der Waals surface area contributed by atoms with Crippen LogP contribution >= 0.6 is 0 Å². The van der Waals surface area contributed by atoms with Crippen LogP contribution in [0, 0.1) is 5.41 Å². The molecule has 0 unspecified atom stereocenters. The first-order chi connectivity index (χ1) is 8.04. The number of hydrogen-bond acceptors (Lipinski definition) is 3. The van der Waals surface area contributed by atoms with Gasteiger partial charge in [0.05, 0.1) is 6.17 Å². The van der Waals surface area contributed by atoms with Gasteiger partial charge in [-0.05, 0) is 18.9 Å². The van der Waals surface area contributed by atoms with E-state index >= 15 is 0 Å². The average molecular weight is 237 g/mol. The van der Waals surface area contributed by atoms with Gasteiger partial charge >= 0.3 is 0 Å². The van der Waals surface area contributed by atoms with Crippen molar-refractivity contribution in [1.82, 2.24) is 10.6 Å². The first kappa shape index (κ1) is 14.0. The van der Waals surface area contributed by atoms with Gasteiger partial charge in [-0.25, -0.2) is 0 Å². The van der Waals surface area contributed by atoms with Crippen molar-refractivity contribution < 1.29 is 0 Å². The molecule has 1 aliphatic heterocycles. The monoisotopic (exact) mass is 237 g/mol. The summed E-state index contributed by atoms with van der Waals surface area (Å²) in [5.41, 5.74) is 11.0. The van der Waals surface area contributed by atoms with Gasteiger partial charge in [-0.15, -0.1) is 0 Å². The summed E-state index contributed by atoms with van der Waals surface area (Å²) in [7, 11) is 0. The van der Waals surface area contributed by atoms with E-state index in [1.807, 2.05) is 0 Å². The molecule has 0 atom stereocenters. The molecule has 17 heavy (non-hydrogen) atoms. The van der Waals surface area contributed by atoms with Gasteiger partial charge in [-0.3, -0.25) is 10.6 Å². The molecule has 1 saturated heterocycles. The zero-order valence-corrected chi connectivity index (χ0v) is 11.2. The zero-order valence-electron chi connectivity index (χ0n) is 11.2. The summed E-state index contributed by atoms with van der Waals surface area (Å²) < 4.78 is 0. The first-order valence-electron chi connectivity index (χ1n) is 6.20. The van der Waals surface area contributed by atoms with E-state index in [1.54, 1.807) is 0 Å². The van der Waals surface area contributed by atoms with Crippen molar-refractivity contribution >= 4 is 0 Å². The zero-order chi connectivity index (χ0) is 12.9. The summed E-state index contributed by atoms with van der Waals surface area (Å²) in [6.07, 6.45) is 1.25. The highest BCUT2D eigenvalue weighted by atomic mass is 15.2. The van der Waals surface area contributed by atoms with Crippen molar-refractivity contribution in [3.8, 4) is 0 Å². The molecule has 0 aromatic heterocycles. The summed E-state index contributed by atoms with van der Waals surface area (Å²) in [6, 6.07) is 0. The molecular formula is C12H23N5. The van der Waals surface area contributed by atoms with E-state index in [0.29, 0.717) is 6.54 Å². The van der Waals surface area contributed by atoms with Crippen molar-refractivity contribution in [2.24, 2.45) is 10.5 Å². The molecule has 0 bridgehead atoms. The molecule has 1 aliphatic rings. The van der Waals surface area contributed by atoms with E-state index < -0.39 is 0 Å². The fourth-order valence-electron chi connectivity index (χ4n) is 2.39. The Hall–Kier alpha value is -1.03. The lowest BCUT2D eigenvalue weighted by atomic mass is 9.78. The Labute approximate surface area is 103 Å². The highest BCUT2D eigenvalue weighted by Crippen LogP contribution is 2.33. The molecule has 5 nitrogen and oxygen atoms in total. The Morgan fingerprint density at radius 2 is 2.00 bits per heavy atom. The van der Waals surface area contributed by atoms with Crippen LogP contribution in [0.25, 0.3) is 10.4 Å². The largest absolute Gasteiger partial charge is 0.300 e. The third-order valence-electron chi connectivity index (χ3n) is 3.66. The molecule has 1 heterocycles. The third-order valence-corrected chi connectivity index (χ3v) is 3.66. The van der Waals surface area contributed by atoms with Crippen LogP contribution in [0.5, 0.6) is 0 Å². The SMILES string of the molecule is CCC(C)=C(CN=[N+]=[N-])C(C)(C)C1NCCN1. The van der Waals surface area contributed by atoms with Gasteiger partial charge in [0.1, 0.15) is 0 Å². The molecule has 0 radical (unpaired) electrons. The molecule has 96 valence electrons. The Morgan fingerprint density at radius 3 is 2.47 bits per heavy atom. The lowest BCUT2D eigenvalue weighted by Gasteiger charge is -2.35. The van der Waals surface area contributed by atoms with E-state index in [9.17, 15) is 0 Å². The van der Waals surface area contributed by atoms with Crippen LogP contribution in [0.2, 0.25) is 0 Å². The Bertz CT molecular complexity index is 333. The second-order valence-electron chi connectivity index (χ2n) is 5.06. The maximum Gasteiger partial charge on any atom is 0.0663 e. The number of rotatable bonds is 5. The summed E-state index contributed by atoms with van der Waals surface area (Å²) in [4.78, 5) is 2.88. The standard InChI is InChI=1S/C12H23N5/c1-5-9(2)10(8-16-17-13)12(3,4)11-14-6-7-15-11/h11,14-15H,5-8H2,1-4H3. The Balaban J connectivity index is 2.98. The van der Waals surface area contributed by atoms with Crippen LogP contribution in [0.1, 0.15) is 34.1 Å². The predicted molar refractivity (Wildman–Crippen MR) is 70.6 cm³/mol. The topological polar surface area (TPSA) is 72.8 Å². The second kappa shape index (κ2) is 6.05. The Kier molecular flexibility index (Phi) is 5.00. The minimum absolute atomic E-state index is 0.0369. The fraction of sp³-hybridized carbons (Fsp3) is 0.833. The fourth-order valence-corrected chi connectivity index (χ4v) is 2.39. The number of allylic oxidation sites excluding steroid dienone is 1. The molecule has 5 heteroatoms.